The number of piperidine rings is 1. The Kier molecular flexibility index (Phi) is 9.17. The lowest BCUT2D eigenvalue weighted by Crippen LogP contribution is -2.49. The SMILES string of the molecule is CCOC(=O)N1CCC(NC(=NC)NCc2c(C)nn(C)c2C)CC1.I. The molecule has 9 heteroatoms. The maximum Gasteiger partial charge on any atom is 0.409 e. The molecule has 1 aliphatic heterocycles. The second kappa shape index (κ2) is 10.6. The Balaban J connectivity index is 0.00000338. The lowest BCUT2D eigenvalue weighted by molar-refractivity contribution is 0.0963. The normalized spacial score (nSPS) is 15.4. The molecule has 0 aliphatic carbocycles. The monoisotopic (exact) mass is 478 g/mol. The van der Waals surface area contributed by atoms with Crippen LogP contribution in [0.15, 0.2) is 4.99 Å². The average Bonchev–Trinajstić information content (AvgIpc) is 2.84. The van der Waals surface area contributed by atoms with Gasteiger partial charge in [0.25, 0.3) is 0 Å². The first-order chi connectivity index (χ1) is 12.0. The summed E-state index contributed by atoms with van der Waals surface area (Å²) >= 11 is 0. The Morgan fingerprint density at radius 3 is 2.50 bits per heavy atom. The van der Waals surface area contributed by atoms with E-state index in [1.54, 1.807) is 11.9 Å². The number of halogens is 1. The molecular formula is C17H31IN6O2. The van der Waals surface area contributed by atoms with Gasteiger partial charge in [-0.2, -0.15) is 5.10 Å². The van der Waals surface area contributed by atoms with Crippen molar-refractivity contribution in [1.29, 1.82) is 0 Å². The van der Waals surface area contributed by atoms with Crippen LogP contribution >= 0.6 is 24.0 Å². The average molecular weight is 478 g/mol. The molecule has 2 N–H and O–H groups in total. The summed E-state index contributed by atoms with van der Waals surface area (Å²) < 4.78 is 6.95. The number of aryl methyl sites for hydroxylation is 2. The Morgan fingerprint density at radius 1 is 1.35 bits per heavy atom. The van der Waals surface area contributed by atoms with Crippen LogP contribution in [0.25, 0.3) is 0 Å². The largest absolute Gasteiger partial charge is 0.450 e. The van der Waals surface area contributed by atoms with Gasteiger partial charge < -0.3 is 20.3 Å². The van der Waals surface area contributed by atoms with E-state index in [2.05, 4.69) is 27.6 Å². The number of ether oxygens (including phenoxy) is 1. The molecule has 0 bridgehead atoms. The van der Waals surface area contributed by atoms with E-state index in [1.807, 2.05) is 25.6 Å². The highest BCUT2D eigenvalue weighted by Gasteiger charge is 2.24. The van der Waals surface area contributed by atoms with Crippen molar-refractivity contribution in [3.05, 3.63) is 17.0 Å². The zero-order valence-electron chi connectivity index (χ0n) is 16.3. The van der Waals surface area contributed by atoms with Crippen molar-refractivity contribution in [3.63, 3.8) is 0 Å². The second-order valence-corrected chi connectivity index (χ2v) is 6.30. The van der Waals surface area contributed by atoms with Crippen LogP contribution in [-0.2, 0) is 18.3 Å². The Bertz CT molecular complexity index is 623. The number of carbonyl (C=O) groups is 1. The third-order valence-corrected chi connectivity index (χ3v) is 4.68. The molecular weight excluding hydrogens is 447 g/mol. The van der Waals surface area contributed by atoms with Gasteiger partial charge in [-0.3, -0.25) is 9.67 Å². The Labute approximate surface area is 172 Å². The van der Waals surface area contributed by atoms with Crippen LogP contribution in [0, 0.1) is 13.8 Å². The molecule has 0 spiro atoms. The summed E-state index contributed by atoms with van der Waals surface area (Å²) in [6.45, 7) is 8.42. The molecule has 0 atom stereocenters. The molecule has 0 aromatic carbocycles. The van der Waals surface area contributed by atoms with Crippen molar-refractivity contribution in [2.24, 2.45) is 12.0 Å². The third kappa shape index (κ3) is 5.75. The zero-order valence-corrected chi connectivity index (χ0v) is 18.7. The Hall–Kier alpha value is -1.52. The minimum Gasteiger partial charge on any atom is -0.450 e. The maximum absolute atomic E-state index is 11.7. The lowest BCUT2D eigenvalue weighted by atomic mass is 10.1. The van der Waals surface area contributed by atoms with Gasteiger partial charge in [-0.25, -0.2) is 4.79 Å². The summed E-state index contributed by atoms with van der Waals surface area (Å²) in [7, 11) is 3.72. The van der Waals surface area contributed by atoms with Crippen LogP contribution in [-0.4, -0.2) is 59.5 Å². The number of guanidine groups is 1. The fourth-order valence-electron chi connectivity index (χ4n) is 3.05. The molecule has 1 aromatic rings. The standard InChI is InChI=1S/C17H30N6O2.HI/c1-6-25-17(24)23-9-7-14(8-10-23)20-16(18-4)19-11-15-12(2)21-22(5)13(15)3;/h14H,6-11H2,1-5H3,(H2,18,19,20);1H. The van der Waals surface area contributed by atoms with E-state index >= 15 is 0 Å². The predicted octanol–water partition coefficient (Wildman–Crippen LogP) is 1.94. The molecule has 0 saturated carbocycles. The van der Waals surface area contributed by atoms with Crippen molar-refractivity contribution < 1.29 is 9.53 Å². The summed E-state index contributed by atoms with van der Waals surface area (Å²) in [6.07, 6.45) is 1.54. The first-order valence-electron chi connectivity index (χ1n) is 8.84. The van der Waals surface area contributed by atoms with Crippen LogP contribution in [0.2, 0.25) is 0 Å². The smallest absolute Gasteiger partial charge is 0.409 e. The first kappa shape index (κ1) is 22.5. The molecule has 1 saturated heterocycles. The van der Waals surface area contributed by atoms with E-state index in [0.717, 1.165) is 30.2 Å². The topological polar surface area (TPSA) is 83.8 Å². The summed E-state index contributed by atoms with van der Waals surface area (Å²) in [6, 6.07) is 0.299. The van der Waals surface area contributed by atoms with Gasteiger partial charge in [0.2, 0.25) is 0 Å². The van der Waals surface area contributed by atoms with E-state index in [4.69, 9.17) is 4.74 Å². The minimum atomic E-state index is -0.217. The van der Waals surface area contributed by atoms with Crippen molar-refractivity contribution >= 4 is 36.0 Å². The molecule has 1 amide bonds. The van der Waals surface area contributed by atoms with Crippen LogP contribution in [0.1, 0.15) is 36.7 Å². The number of rotatable bonds is 4. The molecule has 1 aromatic heterocycles. The molecule has 26 heavy (non-hydrogen) atoms. The molecule has 8 nitrogen and oxygen atoms in total. The fraction of sp³-hybridized carbons (Fsp3) is 0.706. The van der Waals surface area contributed by atoms with Gasteiger partial charge in [0, 0.05) is 51.0 Å². The summed E-state index contributed by atoms with van der Waals surface area (Å²) in [4.78, 5) is 17.8. The molecule has 0 unspecified atom stereocenters. The van der Waals surface area contributed by atoms with Gasteiger partial charge in [-0.1, -0.05) is 0 Å². The van der Waals surface area contributed by atoms with E-state index in [-0.39, 0.29) is 30.1 Å². The number of likely N-dealkylation sites (tertiary alicyclic amines) is 1. The number of carbonyl (C=O) groups excluding carboxylic acids is 1. The number of amides is 1. The van der Waals surface area contributed by atoms with E-state index < -0.39 is 0 Å². The van der Waals surface area contributed by atoms with Crippen LogP contribution < -0.4 is 10.6 Å². The predicted molar refractivity (Wildman–Crippen MR) is 113 cm³/mol. The number of nitrogens with one attached hydrogen (secondary N) is 2. The molecule has 1 fully saturated rings. The first-order valence-corrected chi connectivity index (χ1v) is 8.84. The lowest BCUT2D eigenvalue weighted by Gasteiger charge is -2.32. The highest BCUT2D eigenvalue weighted by molar-refractivity contribution is 14.0. The van der Waals surface area contributed by atoms with Crippen molar-refractivity contribution in [2.45, 2.75) is 46.2 Å². The maximum atomic E-state index is 11.7. The second-order valence-electron chi connectivity index (χ2n) is 6.30. The van der Waals surface area contributed by atoms with Gasteiger partial charge in [0.05, 0.1) is 12.3 Å². The number of hydrogen-bond acceptors (Lipinski definition) is 4. The minimum absolute atomic E-state index is 0. The summed E-state index contributed by atoms with van der Waals surface area (Å²) in [5.74, 6) is 0.775. The number of aliphatic imine (C=N–C) groups is 1. The zero-order chi connectivity index (χ0) is 18.4. The highest BCUT2D eigenvalue weighted by atomic mass is 127. The molecule has 1 aliphatic rings. The van der Waals surface area contributed by atoms with Gasteiger partial charge in [-0.15, -0.1) is 24.0 Å². The van der Waals surface area contributed by atoms with Crippen molar-refractivity contribution in [1.82, 2.24) is 25.3 Å². The Morgan fingerprint density at radius 2 is 2.00 bits per heavy atom. The number of nitrogens with zero attached hydrogens (tertiary/aromatic N) is 4. The van der Waals surface area contributed by atoms with Crippen LogP contribution in [0.5, 0.6) is 0 Å². The summed E-state index contributed by atoms with van der Waals surface area (Å²) in [5.41, 5.74) is 3.39. The van der Waals surface area contributed by atoms with Gasteiger partial charge >= 0.3 is 6.09 Å². The van der Waals surface area contributed by atoms with Crippen molar-refractivity contribution in [3.8, 4) is 0 Å². The van der Waals surface area contributed by atoms with Crippen molar-refractivity contribution in [2.75, 3.05) is 26.7 Å². The highest BCUT2D eigenvalue weighted by Crippen LogP contribution is 2.13. The van der Waals surface area contributed by atoms with E-state index in [1.165, 1.54) is 5.56 Å². The molecule has 2 rings (SSSR count). The quantitative estimate of drug-likeness (QED) is 0.393. The van der Waals surface area contributed by atoms with Crippen LogP contribution in [0.4, 0.5) is 4.79 Å². The van der Waals surface area contributed by atoms with E-state index in [0.29, 0.717) is 32.3 Å². The molecule has 2 heterocycles. The van der Waals surface area contributed by atoms with Gasteiger partial charge in [0.15, 0.2) is 5.96 Å². The van der Waals surface area contributed by atoms with Crippen LogP contribution in [0.3, 0.4) is 0 Å². The van der Waals surface area contributed by atoms with Gasteiger partial charge in [0.1, 0.15) is 0 Å². The fourth-order valence-corrected chi connectivity index (χ4v) is 3.05. The summed E-state index contributed by atoms with van der Waals surface area (Å²) in [5, 5.41) is 11.2. The van der Waals surface area contributed by atoms with E-state index in [9.17, 15) is 4.79 Å². The number of aromatic nitrogens is 2. The molecule has 148 valence electrons. The number of hydrogen-bond donors (Lipinski definition) is 2. The third-order valence-electron chi connectivity index (χ3n) is 4.68. The molecule has 0 radical (unpaired) electrons. The van der Waals surface area contributed by atoms with Gasteiger partial charge in [-0.05, 0) is 33.6 Å².